The van der Waals surface area contributed by atoms with Gasteiger partial charge in [0.15, 0.2) is 0 Å². The first-order valence-electron chi connectivity index (χ1n) is 5.98. The molecule has 0 unspecified atom stereocenters. The molecule has 1 N–H and O–H groups in total. The third kappa shape index (κ3) is 4.19. The summed E-state index contributed by atoms with van der Waals surface area (Å²) in [6.45, 7) is 4.74. The third-order valence-corrected chi connectivity index (χ3v) is 2.48. The van der Waals surface area contributed by atoms with Crippen LogP contribution in [0.25, 0.3) is 0 Å². The van der Waals surface area contributed by atoms with E-state index in [1.807, 2.05) is 19.1 Å². The van der Waals surface area contributed by atoms with Crippen molar-refractivity contribution in [3.63, 3.8) is 0 Å². The number of hydrogen-bond donors (Lipinski definition) is 1. The Labute approximate surface area is 97.5 Å². The van der Waals surface area contributed by atoms with Crippen LogP contribution in [-0.4, -0.2) is 16.7 Å². The van der Waals surface area contributed by atoms with E-state index in [-0.39, 0.29) is 6.61 Å². The Morgan fingerprint density at radius 3 is 2.75 bits per heavy atom. The zero-order chi connectivity index (χ0) is 11.8. The average Bonchev–Trinajstić information content (AvgIpc) is 2.30. The topological polar surface area (TPSA) is 42.4 Å². The number of pyridine rings is 1. The van der Waals surface area contributed by atoms with Gasteiger partial charge in [-0.15, -0.1) is 0 Å². The van der Waals surface area contributed by atoms with Gasteiger partial charge in [0.1, 0.15) is 11.4 Å². The van der Waals surface area contributed by atoms with Crippen LogP contribution >= 0.6 is 0 Å². The molecule has 0 aliphatic heterocycles. The minimum absolute atomic E-state index is 0.0635. The molecule has 3 heteroatoms. The van der Waals surface area contributed by atoms with E-state index in [9.17, 15) is 0 Å². The lowest BCUT2D eigenvalue weighted by Gasteiger charge is -2.09. The second-order valence-electron chi connectivity index (χ2n) is 3.96. The van der Waals surface area contributed by atoms with Crippen LogP contribution < -0.4 is 4.74 Å². The van der Waals surface area contributed by atoms with Crippen LogP contribution in [0.15, 0.2) is 12.1 Å². The lowest BCUT2D eigenvalue weighted by molar-refractivity contribution is 0.254. The molecule has 0 spiro atoms. The van der Waals surface area contributed by atoms with Crippen molar-refractivity contribution in [3.05, 3.63) is 23.5 Å². The van der Waals surface area contributed by atoms with Crippen molar-refractivity contribution in [3.8, 4) is 5.75 Å². The molecule has 0 fully saturated rings. The Bertz CT molecular complexity index is 313. The van der Waals surface area contributed by atoms with Crippen molar-refractivity contribution in [2.24, 2.45) is 0 Å². The van der Waals surface area contributed by atoms with Gasteiger partial charge >= 0.3 is 0 Å². The number of nitrogens with zero attached hydrogens (tertiary/aromatic N) is 1. The number of ether oxygens (including phenoxy) is 1. The number of aromatic nitrogens is 1. The fourth-order valence-electron chi connectivity index (χ4n) is 1.55. The van der Waals surface area contributed by atoms with E-state index in [1.54, 1.807) is 0 Å². The number of rotatable bonds is 7. The molecular formula is C13H21NO2. The van der Waals surface area contributed by atoms with Gasteiger partial charge in [-0.3, -0.25) is 4.98 Å². The first-order chi connectivity index (χ1) is 7.77. The summed E-state index contributed by atoms with van der Waals surface area (Å²) in [6, 6.07) is 3.79. The maximum atomic E-state index is 9.14. The highest BCUT2D eigenvalue weighted by Crippen LogP contribution is 2.17. The first-order valence-corrected chi connectivity index (χ1v) is 5.98. The van der Waals surface area contributed by atoms with E-state index in [0.29, 0.717) is 18.1 Å². The van der Waals surface area contributed by atoms with Gasteiger partial charge in [0.05, 0.1) is 13.2 Å². The molecule has 1 aromatic rings. The minimum Gasteiger partial charge on any atom is -0.492 e. The molecule has 16 heavy (non-hydrogen) atoms. The smallest absolute Gasteiger partial charge is 0.143 e. The molecule has 3 nitrogen and oxygen atoms in total. The van der Waals surface area contributed by atoms with Crippen LogP contribution in [0.5, 0.6) is 5.75 Å². The van der Waals surface area contributed by atoms with Gasteiger partial charge in [-0.25, -0.2) is 0 Å². The molecule has 0 radical (unpaired) electrons. The SMILES string of the molecule is CCCCCCOc1ccc(C)nc1CO. The van der Waals surface area contributed by atoms with Crippen molar-refractivity contribution in [2.75, 3.05) is 6.61 Å². The van der Waals surface area contributed by atoms with Crippen molar-refractivity contribution in [2.45, 2.75) is 46.1 Å². The molecule has 0 aliphatic rings. The molecule has 0 aromatic carbocycles. The number of unbranched alkanes of at least 4 members (excludes halogenated alkanes) is 3. The Hall–Kier alpha value is -1.09. The Morgan fingerprint density at radius 1 is 1.25 bits per heavy atom. The highest BCUT2D eigenvalue weighted by atomic mass is 16.5. The molecule has 0 aliphatic carbocycles. The molecule has 0 saturated carbocycles. The second kappa shape index (κ2) is 7.23. The van der Waals surface area contributed by atoms with E-state index < -0.39 is 0 Å². The van der Waals surface area contributed by atoms with E-state index in [0.717, 1.165) is 12.1 Å². The van der Waals surface area contributed by atoms with Crippen LogP contribution in [0.1, 0.15) is 44.0 Å². The molecule has 0 bridgehead atoms. The summed E-state index contributed by atoms with van der Waals surface area (Å²) < 4.78 is 5.61. The molecule has 0 amide bonds. The van der Waals surface area contributed by atoms with Gasteiger partial charge in [-0.05, 0) is 25.5 Å². The van der Waals surface area contributed by atoms with Crippen LogP contribution in [0, 0.1) is 6.92 Å². The predicted octanol–water partition coefficient (Wildman–Crippen LogP) is 2.84. The average molecular weight is 223 g/mol. The summed E-state index contributed by atoms with van der Waals surface area (Å²) in [5.74, 6) is 0.713. The van der Waals surface area contributed by atoms with Gasteiger partial charge in [0.25, 0.3) is 0 Å². The summed E-state index contributed by atoms with van der Waals surface area (Å²) in [5.41, 5.74) is 1.54. The highest BCUT2D eigenvalue weighted by molar-refractivity contribution is 5.28. The number of aryl methyl sites for hydroxylation is 1. The fourth-order valence-corrected chi connectivity index (χ4v) is 1.55. The van der Waals surface area contributed by atoms with Gasteiger partial charge in [0.2, 0.25) is 0 Å². The van der Waals surface area contributed by atoms with Gasteiger partial charge in [-0.2, -0.15) is 0 Å². The fraction of sp³-hybridized carbons (Fsp3) is 0.615. The zero-order valence-electron chi connectivity index (χ0n) is 10.2. The largest absolute Gasteiger partial charge is 0.492 e. The quantitative estimate of drug-likeness (QED) is 0.723. The summed E-state index contributed by atoms with van der Waals surface area (Å²) in [7, 11) is 0. The van der Waals surface area contributed by atoms with E-state index in [1.165, 1.54) is 19.3 Å². The monoisotopic (exact) mass is 223 g/mol. The van der Waals surface area contributed by atoms with Crippen LogP contribution in [0.3, 0.4) is 0 Å². The molecule has 1 aromatic heterocycles. The lowest BCUT2D eigenvalue weighted by Crippen LogP contribution is -2.02. The second-order valence-corrected chi connectivity index (χ2v) is 3.96. The van der Waals surface area contributed by atoms with Gasteiger partial charge in [-0.1, -0.05) is 26.2 Å². The number of aliphatic hydroxyl groups excluding tert-OH is 1. The summed E-state index contributed by atoms with van der Waals surface area (Å²) in [5, 5.41) is 9.14. The maximum Gasteiger partial charge on any atom is 0.143 e. The third-order valence-electron chi connectivity index (χ3n) is 2.48. The highest BCUT2D eigenvalue weighted by Gasteiger charge is 2.04. The maximum absolute atomic E-state index is 9.14. The molecular weight excluding hydrogens is 202 g/mol. The molecule has 0 saturated heterocycles. The van der Waals surface area contributed by atoms with Crippen molar-refractivity contribution in [1.82, 2.24) is 4.98 Å². The number of aliphatic hydroxyl groups is 1. The van der Waals surface area contributed by atoms with Gasteiger partial charge < -0.3 is 9.84 Å². The molecule has 1 heterocycles. The molecule has 0 atom stereocenters. The Morgan fingerprint density at radius 2 is 2.06 bits per heavy atom. The van der Waals surface area contributed by atoms with Crippen LogP contribution in [0.2, 0.25) is 0 Å². The van der Waals surface area contributed by atoms with Gasteiger partial charge in [0, 0.05) is 5.69 Å². The minimum atomic E-state index is -0.0635. The first kappa shape index (κ1) is 13.0. The normalized spacial score (nSPS) is 10.4. The number of hydrogen-bond acceptors (Lipinski definition) is 3. The van der Waals surface area contributed by atoms with Crippen molar-refractivity contribution in [1.29, 1.82) is 0 Å². The zero-order valence-corrected chi connectivity index (χ0v) is 10.2. The standard InChI is InChI=1S/C13H21NO2/c1-3-4-5-6-9-16-13-8-7-11(2)14-12(13)10-15/h7-8,15H,3-6,9-10H2,1-2H3. The molecule has 1 rings (SSSR count). The predicted molar refractivity (Wildman–Crippen MR) is 64.5 cm³/mol. The lowest BCUT2D eigenvalue weighted by atomic mass is 10.2. The van der Waals surface area contributed by atoms with Crippen LogP contribution in [-0.2, 0) is 6.61 Å². The summed E-state index contributed by atoms with van der Waals surface area (Å²) >= 11 is 0. The van der Waals surface area contributed by atoms with Crippen molar-refractivity contribution < 1.29 is 9.84 Å². The molecule has 90 valence electrons. The van der Waals surface area contributed by atoms with Crippen molar-refractivity contribution >= 4 is 0 Å². The van der Waals surface area contributed by atoms with E-state index >= 15 is 0 Å². The summed E-state index contributed by atoms with van der Waals surface area (Å²) in [4.78, 5) is 4.23. The van der Waals surface area contributed by atoms with Crippen LogP contribution in [0.4, 0.5) is 0 Å². The summed E-state index contributed by atoms with van der Waals surface area (Å²) in [6.07, 6.45) is 4.74. The Kier molecular flexibility index (Phi) is 5.86. The van der Waals surface area contributed by atoms with E-state index in [4.69, 9.17) is 9.84 Å². The van der Waals surface area contributed by atoms with E-state index in [2.05, 4.69) is 11.9 Å². The Balaban J connectivity index is 2.41.